The van der Waals surface area contributed by atoms with Crippen LogP contribution >= 0.6 is 0 Å². The second kappa shape index (κ2) is 6.75. The quantitative estimate of drug-likeness (QED) is 0.565. The lowest BCUT2D eigenvalue weighted by atomic mass is 9.82. The van der Waals surface area contributed by atoms with Crippen LogP contribution < -0.4 is 0 Å². The molecule has 0 aliphatic heterocycles. The third-order valence-electron chi connectivity index (χ3n) is 3.42. The average molecular weight is 256 g/mol. The molecule has 0 unspecified atom stereocenters. The van der Waals surface area contributed by atoms with E-state index in [0.717, 1.165) is 0 Å². The first-order chi connectivity index (χ1) is 8.91. The van der Waals surface area contributed by atoms with Crippen LogP contribution in [0, 0.1) is 6.92 Å². The molecule has 0 heterocycles. The number of benzene rings is 2. The fraction of sp³-hybridized carbons (Fsp3) is 0.474. The van der Waals surface area contributed by atoms with E-state index in [1.54, 1.807) is 0 Å². The fourth-order valence-electron chi connectivity index (χ4n) is 2.15. The molecule has 2 aromatic rings. The van der Waals surface area contributed by atoms with Crippen molar-refractivity contribution in [1.82, 2.24) is 0 Å². The van der Waals surface area contributed by atoms with Gasteiger partial charge in [-0.05, 0) is 34.2 Å². The van der Waals surface area contributed by atoms with Gasteiger partial charge in [0, 0.05) is 0 Å². The van der Waals surface area contributed by atoms with E-state index in [0.29, 0.717) is 0 Å². The monoisotopic (exact) mass is 256 g/mol. The highest BCUT2D eigenvalue weighted by Gasteiger charge is 2.16. The summed E-state index contributed by atoms with van der Waals surface area (Å²) in [5.74, 6) is 0. The van der Waals surface area contributed by atoms with E-state index in [9.17, 15) is 0 Å². The molecule has 0 heteroatoms. The first-order valence-corrected chi connectivity index (χ1v) is 7.40. The fourth-order valence-corrected chi connectivity index (χ4v) is 2.15. The van der Waals surface area contributed by atoms with Crippen molar-refractivity contribution in [2.75, 3.05) is 0 Å². The summed E-state index contributed by atoms with van der Waals surface area (Å²) in [5, 5.41) is 2.77. The molecule has 0 saturated heterocycles. The van der Waals surface area contributed by atoms with Gasteiger partial charge in [0.1, 0.15) is 0 Å². The number of aryl methyl sites for hydroxylation is 1. The molecule has 0 spiro atoms. The van der Waals surface area contributed by atoms with Crippen LogP contribution in [0.25, 0.3) is 10.8 Å². The zero-order valence-corrected chi connectivity index (χ0v) is 13.4. The Labute approximate surface area is 118 Å². The Balaban J connectivity index is 0.000000399. The highest BCUT2D eigenvalue weighted by Crippen LogP contribution is 2.31. The standard InChI is InChI=1S/C15H18.C4H10/c1-11-7-5-8-12-9-6-10-13(14(11)12)15(2,3)4;1-3-4-2/h5-10H,1-4H3;3-4H2,1-2H3. The normalized spacial score (nSPS) is 11.1. The SMILES string of the molecule is CCCC.Cc1cccc2cccc(C(C)(C)C)c12. The first-order valence-electron chi connectivity index (χ1n) is 7.40. The molecule has 0 N–H and O–H groups in total. The smallest absolute Gasteiger partial charge is 0.0117 e. The molecule has 0 saturated carbocycles. The minimum atomic E-state index is 0.214. The average Bonchev–Trinajstić information content (AvgIpc) is 2.38. The molecule has 0 radical (unpaired) electrons. The third kappa shape index (κ3) is 4.09. The van der Waals surface area contributed by atoms with E-state index in [2.05, 4.69) is 77.9 Å². The Kier molecular flexibility index (Phi) is 5.60. The third-order valence-corrected chi connectivity index (χ3v) is 3.42. The van der Waals surface area contributed by atoms with Crippen LogP contribution in [-0.2, 0) is 5.41 Å². The molecule has 0 atom stereocenters. The number of hydrogen-bond acceptors (Lipinski definition) is 0. The van der Waals surface area contributed by atoms with Crippen molar-refractivity contribution in [2.45, 2.75) is 59.8 Å². The molecule has 0 nitrogen and oxygen atoms in total. The van der Waals surface area contributed by atoms with Gasteiger partial charge in [-0.15, -0.1) is 0 Å². The maximum atomic E-state index is 2.27. The van der Waals surface area contributed by atoms with Gasteiger partial charge in [0.2, 0.25) is 0 Å². The van der Waals surface area contributed by atoms with Gasteiger partial charge in [-0.1, -0.05) is 83.9 Å². The summed E-state index contributed by atoms with van der Waals surface area (Å²) in [6, 6.07) is 13.1. The molecule has 0 aliphatic rings. The van der Waals surface area contributed by atoms with Crippen molar-refractivity contribution >= 4 is 10.8 Å². The van der Waals surface area contributed by atoms with Crippen molar-refractivity contribution in [3.8, 4) is 0 Å². The largest absolute Gasteiger partial charge is 0.0654 e. The van der Waals surface area contributed by atoms with E-state index >= 15 is 0 Å². The summed E-state index contributed by atoms with van der Waals surface area (Å²) in [6.45, 7) is 13.4. The molecule has 0 bridgehead atoms. The number of rotatable bonds is 1. The van der Waals surface area contributed by atoms with Gasteiger partial charge in [0.15, 0.2) is 0 Å². The predicted molar refractivity (Wildman–Crippen MR) is 88.0 cm³/mol. The lowest BCUT2D eigenvalue weighted by Crippen LogP contribution is -2.11. The molecule has 19 heavy (non-hydrogen) atoms. The summed E-state index contributed by atoms with van der Waals surface area (Å²) in [7, 11) is 0. The minimum Gasteiger partial charge on any atom is -0.0654 e. The maximum absolute atomic E-state index is 2.27. The molecule has 2 rings (SSSR count). The molecular weight excluding hydrogens is 228 g/mol. The lowest BCUT2D eigenvalue weighted by Gasteiger charge is -2.22. The van der Waals surface area contributed by atoms with Gasteiger partial charge in [-0.3, -0.25) is 0 Å². The van der Waals surface area contributed by atoms with E-state index < -0.39 is 0 Å². The second-order valence-electron chi connectivity index (χ2n) is 6.23. The number of hydrogen-bond donors (Lipinski definition) is 0. The summed E-state index contributed by atoms with van der Waals surface area (Å²) < 4.78 is 0. The molecule has 2 aromatic carbocycles. The number of fused-ring (bicyclic) bond motifs is 1. The Morgan fingerprint density at radius 3 is 1.84 bits per heavy atom. The molecule has 0 aromatic heterocycles. The highest BCUT2D eigenvalue weighted by molar-refractivity contribution is 5.89. The molecule has 0 fully saturated rings. The Morgan fingerprint density at radius 2 is 1.37 bits per heavy atom. The van der Waals surface area contributed by atoms with E-state index in [1.807, 2.05) is 0 Å². The highest BCUT2D eigenvalue weighted by atomic mass is 14.2. The van der Waals surface area contributed by atoms with Gasteiger partial charge < -0.3 is 0 Å². The zero-order chi connectivity index (χ0) is 14.5. The maximum Gasteiger partial charge on any atom is -0.0117 e. The summed E-state index contributed by atoms with van der Waals surface area (Å²) in [4.78, 5) is 0. The summed E-state index contributed by atoms with van der Waals surface area (Å²) in [5.41, 5.74) is 3.03. The molecule has 104 valence electrons. The Morgan fingerprint density at radius 1 is 0.842 bits per heavy atom. The van der Waals surface area contributed by atoms with Gasteiger partial charge in [-0.2, -0.15) is 0 Å². The Hall–Kier alpha value is -1.30. The van der Waals surface area contributed by atoms with Gasteiger partial charge >= 0.3 is 0 Å². The molecular formula is C19H28. The van der Waals surface area contributed by atoms with Gasteiger partial charge in [0.05, 0.1) is 0 Å². The van der Waals surface area contributed by atoms with Crippen molar-refractivity contribution in [1.29, 1.82) is 0 Å². The molecule has 0 aliphatic carbocycles. The zero-order valence-electron chi connectivity index (χ0n) is 13.4. The van der Waals surface area contributed by atoms with Crippen LogP contribution in [0.1, 0.15) is 58.6 Å². The van der Waals surface area contributed by atoms with Crippen LogP contribution in [0.2, 0.25) is 0 Å². The van der Waals surface area contributed by atoms with Gasteiger partial charge in [-0.25, -0.2) is 0 Å². The second-order valence-corrected chi connectivity index (χ2v) is 6.23. The van der Waals surface area contributed by atoms with Crippen molar-refractivity contribution < 1.29 is 0 Å². The van der Waals surface area contributed by atoms with Gasteiger partial charge in [0.25, 0.3) is 0 Å². The van der Waals surface area contributed by atoms with E-state index in [1.165, 1.54) is 34.7 Å². The number of unbranched alkanes of at least 4 members (excludes halogenated alkanes) is 1. The van der Waals surface area contributed by atoms with Crippen LogP contribution in [0.3, 0.4) is 0 Å². The summed E-state index contributed by atoms with van der Waals surface area (Å²) >= 11 is 0. The predicted octanol–water partition coefficient (Wildman–Crippen LogP) is 6.25. The molecule has 0 amide bonds. The Bertz CT molecular complexity index is 508. The van der Waals surface area contributed by atoms with Crippen molar-refractivity contribution in [3.63, 3.8) is 0 Å². The van der Waals surface area contributed by atoms with Crippen LogP contribution in [0.15, 0.2) is 36.4 Å². The van der Waals surface area contributed by atoms with E-state index in [-0.39, 0.29) is 5.41 Å². The first kappa shape index (κ1) is 15.8. The van der Waals surface area contributed by atoms with Crippen molar-refractivity contribution in [2.24, 2.45) is 0 Å². The van der Waals surface area contributed by atoms with Crippen LogP contribution in [0.4, 0.5) is 0 Å². The lowest BCUT2D eigenvalue weighted by molar-refractivity contribution is 0.595. The summed E-state index contributed by atoms with van der Waals surface area (Å²) in [6.07, 6.45) is 2.64. The topological polar surface area (TPSA) is 0 Å². The van der Waals surface area contributed by atoms with E-state index in [4.69, 9.17) is 0 Å². The van der Waals surface area contributed by atoms with Crippen LogP contribution in [0.5, 0.6) is 0 Å². The minimum absolute atomic E-state index is 0.214. The van der Waals surface area contributed by atoms with Crippen molar-refractivity contribution in [3.05, 3.63) is 47.5 Å². The van der Waals surface area contributed by atoms with Crippen LogP contribution in [-0.4, -0.2) is 0 Å².